The van der Waals surface area contributed by atoms with Crippen molar-refractivity contribution in [3.63, 3.8) is 0 Å². The summed E-state index contributed by atoms with van der Waals surface area (Å²) < 4.78 is 1.91. The Morgan fingerprint density at radius 2 is 2.00 bits per heavy atom. The fourth-order valence-electron chi connectivity index (χ4n) is 3.37. The van der Waals surface area contributed by atoms with Crippen molar-refractivity contribution in [2.75, 3.05) is 19.6 Å². The number of nitrogens with zero attached hydrogens (tertiary/aromatic N) is 4. The van der Waals surface area contributed by atoms with Crippen LogP contribution in [0.25, 0.3) is 11.0 Å². The minimum atomic E-state index is -0.0133. The predicted octanol–water partition coefficient (Wildman–Crippen LogP) is 3.35. The van der Waals surface area contributed by atoms with E-state index in [0.717, 1.165) is 29.6 Å². The van der Waals surface area contributed by atoms with Crippen molar-refractivity contribution in [1.29, 1.82) is 0 Å². The number of hydrogen-bond donors (Lipinski definition) is 1. The summed E-state index contributed by atoms with van der Waals surface area (Å²) in [5.41, 5.74) is 9.24. The first kappa shape index (κ1) is 20.0. The van der Waals surface area contributed by atoms with E-state index in [1.807, 2.05) is 40.8 Å². The first-order valence-electron chi connectivity index (χ1n) is 9.93. The van der Waals surface area contributed by atoms with Gasteiger partial charge in [-0.25, -0.2) is 9.67 Å². The molecular weight excluding hydrogens is 350 g/mol. The molecule has 0 aliphatic rings. The normalized spacial score (nSPS) is 12.3. The van der Waals surface area contributed by atoms with Crippen molar-refractivity contribution in [2.24, 2.45) is 5.73 Å². The second-order valence-corrected chi connectivity index (χ2v) is 7.21. The number of rotatable bonds is 8. The van der Waals surface area contributed by atoms with E-state index in [9.17, 15) is 4.79 Å². The van der Waals surface area contributed by atoms with E-state index in [4.69, 9.17) is 5.73 Å². The number of aromatic nitrogens is 3. The predicted molar refractivity (Wildman–Crippen MR) is 112 cm³/mol. The van der Waals surface area contributed by atoms with Gasteiger partial charge in [0.15, 0.2) is 5.65 Å². The zero-order valence-corrected chi connectivity index (χ0v) is 16.9. The number of carbonyl (C=O) groups excluding carboxylic acids is 1. The SMILES string of the molecule is CCC(C)n1ncc2c(C(=O)N(CCN)CCc3ccccc3)cc(C)nc21. The number of benzene rings is 1. The number of nitrogens with two attached hydrogens (primary N) is 1. The number of carbonyl (C=O) groups is 1. The molecule has 0 aliphatic heterocycles. The molecule has 6 heteroatoms. The van der Waals surface area contributed by atoms with Crippen LogP contribution in [0.3, 0.4) is 0 Å². The highest BCUT2D eigenvalue weighted by Crippen LogP contribution is 2.23. The van der Waals surface area contributed by atoms with Crippen LogP contribution >= 0.6 is 0 Å². The third-order valence-corrected chi connectivity index (χ3v) is 5.13. The first-order chi connectivity index (χ1) is 13.5. The monoisotopic (exact) mass is 379 g/mol. The molecule has 0 bridgehead atoms. The highest BCUT2D eigenvalue weighted by Gasteiger charge is 2.21. The van der Waals surface area contributed by atoms with Crippen LogP contribution in [0.1, 0.15) is 47.9 Å². The maximum Gasteiger partial charge on any atom is 0.254 e. The Balaban J connectivity index is 1.92. The van der Waals surface area contributed by atoms with Gasteiger partial charge in [-0.15, -0.1) is 0 Å². The zero-order chi connectivity index (χ0) is 20.1. The molecule has 3 aromatic rings. The molecule has 1 amide bonds. The Kier molecular flexibility index (Phi) is 6.41. The molecule has 3 rings (SSSR count). The van der Waals surface area contributed by atoms with Gasteiger partial charge in [0.1, 0.15) is 0 Å². The van der Waals surface area contributed by atoms with Crippen LogP contribution < -0.4 is 5.73 Å². The zero-order valence-electron chi connectivity index (χ0n) is 16.9. The molecule has 1 unspecified atom stereocenters. The lowest BCUT2D eigenvalue weighted by Crippen LogP contribution is -2.37. The number of pyridine rings is 1. The topological polar surface area (TPSA) is 77.0 Å². The van der Waals surface area contributed by atoms with Crippen molar-refractivity contribution in [3.8, 4) is 0 Å². The van der Waals surface area contributed by atoms with E-state index in [1.165, 1.54) is 5.56 Å². The van der Waals surface area contributed by atoms with Gasteiger partial charge >= 0.3 is 0 Å². The van der Waals surface area contributed by atoms with Crippen molar-refractivity contribution in [1.82, 2.24) is 19.7 Å². The van der Waals surface area contributed by atoms with Crippen LogP contribution in [0.2, 0.25) is 0 Å². The molecule has 2 aromatic heterocycles. The van der Waals surface area contributed by atoms with Crippen molar-refractivity contribution in [3.05, 3.63) is 59.4 Å². The van der Waals surface area contributed by atoms with Gasteiger partial charge in [-0.1, -0.05) is 37.3 Å². The number of hydrogen-bond acceptors (Lipinski definition) is 4. The summed E-state index contributed by atoms with van der Waals surface area (Å²) in [7, 11) is 0. The molecule has 1 atom stereocenters. The Bertz CT molecular complexity index is 935. The van der Waals surface area contributed by atoms with Crippen molar-refractivity contribution < 1.29 is 4.79 Å². The summed E-state index contributed by atoms with van der Waals surface area (Å²) in [6.45, 7) is 7.73. The minimum Gasteiger partial charge on any atom is -0.337 e. The minimum absolute atomic E-state index is 0.0133. The van der Waals surface area contributed by atoms with Crippen molar-refractivity contribution in [2.45, 2.75) is 39.7 Å². The van der Waals surface area contributed by atoms with Crippen LogP contribution in [0, 0.1) is 6.92 Å². The average molecular weight is 380 g/mol. The molecular formula is C22H29N5O. The Morgan fingerprint density at radius 1 is 1.25 bits per heavy atom. The molecule has 148 valence electrons. The third kappa shape index (κ3) is 4.22. The molecule has 0 spiro atoms. The van der Waals surface area contributed by atoms with E-state index in [1.54, 1.807) is 6.20 Å². The highest BCUT2D eigenvalue weighted by atomic mass is 16.2. The van der Waals surface area contributed by atoms with E-state index < -0.39 is 0 Å². The second kappa shape index (κ2) is 8.97. The lowest BCUT2D eigenvalue weighted by molar-refractivity contribution is 0.0764. The molecule has 28 heavy (non-hydrogen) atoms. The van der Waals surface area contributed by atoms with Crippen LogP contribution in [-0.4, -0.2) is 45.2 Å². The summed E-state index contributed by atoms with van der Waals surface area (Å²) in [5.74, 6) is -0.0133. The van der Waals surface area contributed by atoms with Gasteiger partial charge in [-0.3, -0.25) is 4.79 Å². The summed E-state index contributed by atoms with van der Waals surface area (Å²) in [4.78, 5) is 19.9. The van der Waals surface area contributed by atoms with E-state index in [-0.39, 0.29) is 11.9 Å². The molecule has 0 saturated carbocycles. The number of fused-ring (bicyclic) bond motifs is 1. The van der Waals surface area contributed by atoms with E-state index in [2.05, 4.69) is 36.1 Å². The quantitative estimate of drug-likeness (QED) is 0.651. The molecule has 6 nitrogen and oxygen atoms in total. The van der Waals surface area contributed by atoms with Crippen LogP contribution in [0.4, 0.5) is 0 Å². The van der Waals surface area contributed by atoms with Gasteiger partial charge < -0.3 is 10.6 Å². The lowest BCUT2D eigenvalue weighted by Gasteiger charge is -2.23. The molecule has 2 N–H and O–H groups in total. The Labute approximate surface area is 166 Å². The number of aryl methyl sites for hydroxylation is 1. The fraction of sp³-hybridized carbons (Fsp3) is 0.409. The smallest absolute Gasteiger partial charge is 0.254 e. The average Bonchev–Trinajstić information content (AvgIpc) is 3.13. The summed E-state index contributed by atoms with van der Waals surface area (Å²) in [5, 5.41) is 5.31. The van der Waals surface area contributed by atoms with Gasteiger partial charge in [-0.05, 0) is 38.3 Å². The van der Waals surface area contributed by atoms with Crippen molar-refractivity contribution >= 4 is 16.9 Å². The summed E-state index contributed by atoms with van der Waals surface area (Å²) >= 11 is 0. The summed E-state index contributed by atoms with van der Waals surface area (Å²) in [6, 6.07) is 12.3. The highest BCUT2D eigenvalue weighted by molar-refractivity contribution is 6.05. The molecule has 1 aromatic carbocycles. The fourth-order valence-corrected chi connectivity index (χ4v) is 3.37. The molecule has 0 fully saturated rings. The van der Waals surface area contributed by atoms with Crippen LogP contribution in [0.5, 0.6) is 0 Å². The maximum atomic E-state index is 13.4. The third-order valence-electron chi connectivity index (χ3n) is 5.13. The van der Waals surface area contributed by atoms with Gasteiger partial charge in [0, 0.05) is 25.3 Å². The van der Waals surface area contributed by atoms with Crippen LogP contribution in [0.15, 0.2) is 42.6 Å². The number of amides is 1. The first-order valence-corrected chi connectivity index (χ1v) is 9.93. The lowest BCUT2D eigenvalue weighted by atomic mass is 10.1. The molecule has 0 saturated heterocycles. The van der Waals surface area contributed by atoms with Gasteiger partial charge in [0.25, 0.3) is 5.91 Å². The molecule has 2 heterocycles. The largest absolute Gasteiger partial charge is 0.337 e. The van der Waals surface area contributed by atoms with E-state index in [0.29, 0.717) is 25.2 Å². The molecule has 0 radical (unpaired) electrons. The van der Waals surface area contributed by atoms with E-state index >= 15 is 0 Å². The molecule has 0 aliphatic carbocycles. The maximum absolute atomic E-state index is 13.4. The summed E-state index contributed by atoms with van der Waals surface area (Å²) in [6.07, 6.45) is 3.51. The van der Waals surface area contributed by atoms with Crippen LogP contribution in [-0.2, 0) is 6.42 Å². The van der Waals surface area contributed by atoms with Gasteiger partial charge in [0.05, 0.1) is 23.2 Å². The second-order valence-electron chi connectivity index (χ2n) is 7.21. The van der Waals surface area contributed by atoms with Gasteiger partial charge in [0.2, 0.25) is 0 Å². The Hall–Kier alpha value is -2.73. The van der Waals surface area contributed by atoms with Gasteiger partial charge in [-0.2, -0.15) is 5.10 Å². The standard InChI is InChI=1S/C22H29N5O/c1-4-17(3)27-21-20(15-24-27)19(14-16(2)25-21)22(28)26(13-11-23)12-10-18-8-6-5-7-9-18/h5-9,14-15,17H,4,10-13,23H2,1-3H3. The Morgan fingerprint density at radius 3 is 2.68 bits per heavy atom.